The van der Waals surface area contributed by atoms with Gasteiger partial charge in [-0.1, -0.05) is 18.0 Å². The van der Waals surface area contributed by atoms with Crippen molar-refractivity contribution in [3.05, 3.63) is 11.7 Å². The Kier molecular flexibility index (Phi) is 4.00. The van der Waals surface area contributed by atoms with Crippen molar-refractivity contribution in [1.82, 2.24) is 20.8 Å². The molecule has 1 aromatic rings. The van der Waals surface area contributed by atoms with Gasteiger partial charge in [-0.15, -0.1) is 0 Å². The lowest BCUT2D eigenvalue weighted by molar-refractivity contribution is 0.0913. The van der Waals surface area contributed by atoms with Crippen LogP contribution in [0.2, 0.25) is 0 Å². The second kappa shape index (κ2) is 5.91. The van der Waals surface area contributed by atoms with Crippen LogP contribution in [0.25, 0.3) is 0 Å². The minimum absolute atomic E-state index is 0.108. The van der Waals surface area contributed by atoms with Crippen molar-refractivity contribution >= 4 is 5.91 Å². The first-order valence-corrected chi connectivity index (χ1v) is 7.62. The van der Waals surface area contributed by atoms with Gasteiger partial charge in [0.1, 0.15) is 0 Å². The second-order valence-corrected chi connectivity index (χ2v) is 5.91. The van der Waals surface area contributed by atoms with E-state index in [1.165, 1.54) is 25.7 Å². The molecule has 1 amide bonds. The van der Waals surface area contributed by atoms with Crippen molar-refractivity contribution in [3.63, 3.8) is 0 Å². The molecule has 2 atom stereocenters. The number of carbonyl (C=O) groups is 1. The number of carbonyl (C=O) groups excluding carboxylic acids is 1. The molecule has 2 aliphatic rings. The summed E-state index contributed by atoms with van der Waals surface area (Å²) < 4.78 is 5.19. The molecule has 110 valence electrons. The van der Waals surface area contributed by atoms with E-state index in [1.54, 1.807) is 0 Å². The summed E-state index contributed by atoms with van der Waals surface area (Å²) in [6.45, 7) is 3.03. The third-order valence-corrected chi connectivity index (χ3v) is 4.47. The topological polar surface area (TPSA) is 80.0 Å². The molecular weight excluding hydrogens is 256 g/mol. The number of nitrogens with one attached hydrogen (secondary N) is 2. The Balaban J connectivity index is 1.59. The number of rotatable bonds is 4. The standard InChI is InChI=1S/C14H22N4O2/c1-9(10-5-2-3-6-10)16-13(19)12-17-14(20-18-12)11-7-4-8-15-11/h9-11,15H,2-8H2,1H3,(H,16,19)/t9-,11?/m1/s1. The Hall–Kier alpha value is -1.43. The maximum atomic E-state index is 12.1. The van der Waals surface area contributed by atoms with Crippen LogP contribution in [-0.2, 0) is 0 Å². The summed E-state index contributed by atoms with van der Waals surface area (Å²) in [5.74, 6) is 1.04. The van der Waals surface area contributed by atoms with Gasteiger partial charge in [0.15, 0.2) is 0 Å². The molecule has 1 saturated heterocycles. The molecule has 2 N–H and O–H groups in total. The number of hydrogen-bond acceptors (Lipinski definition) is 5. The summed E-state index contributed by atoms with van der Waals surface area (Å²) in [7, 11) is 0. The van der Waals surface area contributed by atoms with Gasteiger partial charge >= 0.3 is 0 Å². The van der Waals surface area contributed by atoms with E-state index in [0.29, 0.717) is 11.8 Å². The van der Waals surface area contributed by atoms with Crippen LogP contribution in [0.1, 0.15) is 68.0 Å². The highest BCUT2D eigenvalue weighted by atomic mass is 16.5. The van der Waals surface area contributed by atoms with Gasteiger partial charge in [-0.3, -0.25) is 4.79 Å². The lowest BCUT2D eigenvalue weighted by Gasteiger charge is -2.19. The minimum atomic E-state index is -0.225. The monoisotopic (exact) mass is 278 g/mol. The first-order valence-electron chi connectivity index (χ1n) is 7.62. The van der Waals surface area contributed by atoms with Crippen LogP contribution in [0.3, 0.4) is 0 Å². The lowest BCUT2D eigenvalue weighted by Crippen LogP contribution is -2.37. The zero-order valence-electron chi connectivity index (χ0n) is 11.9. The molecule has 1 saturated carbocycles. The molecule has 2 fully saturated rings. The fourth-order valence-corrected chi connectivity index (χ4v) is 3.21. The zero-order chi connectivity index (χ0) is 13.9. The largest absolute Gasteiger partial charge is 0.346 e. The quantitative estimate of drug-likeness (QED) is 0.878. The maximum Gasteiger partial charge on any atom is 0.292 e. The van der Waals surface area contributed by atoms with Crippen LogP contribution in [0.15, 0.2) is 4.52 Å². The molecular formula is C14H22N4O2. The Morgan fingerprint density at radius 3 is 2.85 bits per heavy atom. The highest BCUT2D eigenvalue weighted by molar-refractivity contribution is 5.90. The third-order valence-electron chi connectivity index (χ3n) is 4.47. The summed E-state index contributed by atoms with van der Waals surface area (Å²) in [5.41, 5.74) is 0. The van der Waals surface area contributed by atoms with E-state index >= 15 is 0 Å². The number of aromatic nitrogens is 2. The zero-order valence-corrected chi connectivity index (χ0v) is 11.9. The molecule has 0 spiro atoms. The third kappa shape index (κ3) is 2.85. The van der Waals surface area contributed by atoms with E-state index in [1.807, 2.05) is 0 Å². The fourth-order valence-electron chi connectivity index (χ4n) is 3.21. The van der Waals surface area contributed by atoms with E-state index in [-0.39, 0.29) is 23.8 Å². The average Bonchev–Trinajstić information content (AvgIpc) is 3.19. The van der Waals surface area contributed by atoms with Crippen molar-refractivity contribution in [2.75, 3.05) is 6.54 Å². The number of nitrogens with zero attached hydrogens (tertiary/aromatic N) is 2. The Labute approximate surface area is 118 Å². The van der Waals surface area contributed by atoms with Gasteiger partial charge in [-0.2, -0.15) is 4.98 Å². The molecule has 1 aliphatic heterocycles. The van der Waals surface area contributed by atoms with E-state index in [0.717, 1.165) is 19.4 Å². The molecule has 1 aromatic heterocycles. The van der Waals surface area contributed by atoms with Crippen molar-refractivity contribution in [1.29, 1.82) is 0 Å². The Morgan fingerprint density at radius 1 is 1.35 bits per heavy atom. The predicted molar refractivity (Wildman–Crippen MR) is 73.2 cm³/mol. The van der Waals surface area contributed by atoms with Crippen molar-refractivity contribution in [2.45, 2.75) is 57.5 Å². The summed E-state index contributed by atoms with van der Waals surface area (Å²) >= 11 is 0. The van der Waals surface area contributed by atoms with E-state index in [9.17, 15) is 4.79 Å². The average molecular weight is 278 g/mol. The van der Waals surface area contributed by atoms with Crippen LogP contribution in [-0.4, -0.2) is 28.6 Å². The van der Waals surface area contributed by atoms with Crippen LogP contribution in [0.5, 0.6) is 0 Å². The second-order valence-electron chi connectivity index (χ2n) is 5.91. The number of hydrogen-bond donors (Lipinski definition) is 2. The van der Waals surface area contributed by atoms with E-state index in [4.69, 9.17) is 4.52 Å². The summed E-state index contributed by atoms with van der Waals surface area (Å²) in [5, 5.41) is 10.1. The van der Waals surface area contributed by atoms with E-state index in [2.05, 4.69) is 27.7 Å². The molecule has 0 bridgehead atoms. The van der Waals surface area contributed by atoms with Gasteiger partial charge in [0.2, 0.25) is 5.89 Å². The minimum Gasteiger partial charge on any atom is -0.346 e. The van der Waals surface area contributed by atoms with Gasteiger partial charge in [-0.05, 0) is 45.1 Å². The Morgan fingerprint density at radius 2 is 2.15 bits per heavy atom. The Bertz CT molecular complexity index is 461. The van der Waals surface area contributed by atoms with Gasteiger partial charge in [-0.25, -0.2) is 0 Å². The molecule has 6 nitrogen and oxygen atoms in total. The molecule has 20 heavy (non-hydrogen) atoms. The lowest BCUT2D eigenvalue weighted by atomic mass is 10.00. The van der Waals surface area contributed by atoms with Crippen LogP contribution in [0, 0.1) is 5.92 Å². The van der Waals surface area contributed by atoms with Crippen molar-refractivity contribution in [2.24, 2.45) is 5.92 Å². The smallest absolute Gasteiger partial charge is 0.292 e. The van der Waals surface area contributed by atoms with Crippen molar-refractivity contribution in [3.8, 4) is 0 Å². The molecule has 1 unspecified atom stereocenters. The molecule has 0 aromatic carbocycles. The molecule has 6 heteroatoms. The van der Waals surface area contributed by atoms with Gasteiger partial charge in [0.05, 0.1) is 6.04 Å². The van der Waals surface area contributed by atoms with Crippen LogP contribution in [0.4, 0.5) is 0 Å². The molecule has 2 heterocycles. The fraction of sp³-hybridized carbons (Fsp3) is 0.786. The SMILES string of the molecule is C[C@@H](NC(=O)c1noc(C2CCCN2)n1)C1CCCC1. The van der Waals surface area contributed by atoms with Crippen LogP contribution < -0.4 is 10.6 Å². The van der Waals surface area contributed by atoms with E-state index < -0.39 is 0 Å². The predicted octanol–water partition coefficient (Wildman–Crippen LogP) is 1.80. The highest BCUT2D eigenvalue weighted by Crippen LogP contribution is 2.27. The highest BCUT2D eigenvalue weighted by Gasteiger charge is 2.27. The molecule has 0 radical (unpaired) electrons. The van der Waals surface area contributed by atoms with Gasteiger partial charge < -0.3 is 15.2 Å². The van der Waals surface area contributed by atoms with Gasteiger partial charge in [0, 0.05) is 6.04 Å². The summed E-state index contributed by atoms with van der Waals surface area (Å²) in [6.07, 6.45) is 7.03. The first-order chi connectivity index (χ1) is 9.74. The van der Waals surface area contributed by atoms with Crippen LogP contribution >= 0.6 is 0 Å². The maximum absolute atomic E-state index is 12.1. The molecule has 1 aliphatic carbocycles. The summed E-state index contributed by atoms with van der Waals surface area (Å²) in [6, 6.07) is 0.285. The first kappa shape index (κ1) is 13.5. The van der Waals surface area contributed by atoms with Crippen molar-refractivity contribution < 1.29 is 9.32 Å². The number of amides is 1. The summed E-state index contributed by atoms with van der Waals surface area (Å²) in [4.78, 5) is 16.3. The van der Waals surface area contributed by atoms with Gasteiger partial charge in [0.25, 0.3) is 11.7 Å². The normalized spacial score (nSPS) is 24.9. The molecule has 3 rings (SSSR count).